The molecule has 0 unspecified atom stereocenters. The zero-order chi connectivity index (χ0) is 14.1. The Bertz CT molecular complexity index is 748. The fourth-order valence-corrected chi connectivity index (χ4v) is 3.01. The highest BCUT2D eigenvalue weighted by Gasteiger charge is 2.19. The largest absolute Gasteiger partial charge is 0.380 e. The van der Waals surface area contributed by atoms with Gasteiger partial charge in [-0.1, -0.05) is 24.2 Å². The van der Waals surface area contributed by atoms with E-state index in [0.717, 1.165) is 11.3 Å². The highest BCUT2D eigenvalue weighted by molar-refractivity contribution is 7.15. The highest BCUT2D eigenvalue weighted by Crippen LogP contribution is 2.39. The van der Waals surface area contributed by atoms with Crippen molar-refractivity contribution in [2.75, 3.05) is 5.73 Å². The minimum Gasteiger partial charge on any atom is -0.380 e. The lowest BCUT2D eigenvalue weighted by molar-refractivity contribution is 0.437. The van der Waals surface area contributed by atoms with Crippen molar-refractivity contribution in [1.82, 2.24) is 5.16 Å². The first-order valence-electron chi connectivity index (χ1n) is 6.29. The van der Waals surface area contributed by atoms with Gasteiger partial charge < -0.3 is 10.3 Å². The van der Waals surface area contributed by atoms with Crippen LogP contribution in [0.15, 0.2) is 40.9 Å². The highest BCUT2D eigenvalue weighted by atomic mass is 32.1. The van der Waals surface area contributed by atoms with E-state index in [1.165, 1.54) is 17.0 Å². The van der Waals surface area contributed by atoms with Crippen LogP contribution in [0.4, 0.5) is 10.2 Å². The Morgan fingerprint density at radius 3 is 2.85 bits per heavy atom. The molecule has 0 aliphatic carbocycles. The van der Waals surface area contributed by atoms with Crippen LogP contribution < -0.4 is 5.73 Å². The van der Waals surface area contributed by atoms with E-state index in [-0.39, 0.29) is 11.6 Å². The summed E-state index contributed by atoms with van der Waals surface area (Å²) in [5.41, 5.74) is 7.20. The van der Waals surface area contributed by atoms with Crippen LogP contribution in [-0.4, -0.2) is 5.16 Å². The topological polar surface area (TPSA) is 52.0 Å². The normalized spacial score (nSPS) is 10.9. The minimum absolute atomic E-state index is 0.275. The molecule has 0 fully saturated rings. The van der Waals surface area contributed by atoms with E-state index in [9.17, 15) is 4.39 Å². The molecule has 0 saturated carbocycles. The van der Waals surface area contributed by atoms with E-state index in [2.05, 4.69) is 12.1 Å². The number of nitrogen functional groups attached to an aromatic ring is 1. The van der Waals surface area contributed by atoms with E-state index < -0.39 is 0 Å². The fraction of sp³-hybridized carbons (Fsp3) is 0.133. The first-order valence-corrected chi connectivity index (χ1v) is 7.11. The number of aryl methyl sites for hydroxylation is 1. The average Bonchev–Trinajstić information content (AvgIpc) is 3.04. The third-order valence-electron chi connectivity index (χ3n) is 3.07. The van der Waals surface area contributed by atoms with E-state index in [4.69, 9.17) is 10.3 Å². The number of thiophene rings is 1. The third kappa shape index (κ3) is 2.20. The summed E-state index contributed by atoms with van der Waals surface area (Å²) >= 11 is 1.63. The summed E-state index contributed by atoms with van der Waals surface area (Å²) in [5, 5.41) is 3.82. The third-order valence-corrected chi connectivity index (χ3v) is 4.29. The molecule has 0 saturated heterocycles. The van der Waals surface area contributed by atoms with Crippen molar-refractivity contribution in [2.45, 2.75) is 13.3 Å². The predicted octanol–water partition coefficient (Wildman–Crippen LogP) is 4.35. The Balaban J connectivity index is 2.14. The van der Waals surface area contributed by atoms with Gasteiger partial charge in [0.1, 0.15) is 5.82 Å². The zero-order valence-corrected chi connectivity index (χ0v) is 11.7. The average molecular weight is 288 g/mol. The maximum Gasteiger partial charge on any atom is 0.186 e. The number of hydrogen-bond donors (Lipinski definition) is 1. The quantitative estimate of drug-likeness (QED) is 0.779. The molecule has 2 aromatic heterocycles. The second-order valence-electron chi connectivity index (χ2n) is 4.40. The molecular formula is C15H13FN2OS. The Hall–Kier alpha value is -2.14. The van der Waals surface area contributed by atoms with Gasteiger partial charge in [0, 0.05) is 4.88 Å². The lowest BCUT2D eigenvalue weighted by Crippen LogP contribution is -1.89. The molecule has 0 amide bonds. The van der Waals surface area contributed by atoms with Gasteiger partial charge in [0.05, 0.1) is 10.4 Å². The monoisotopic (exact) mass is 288 g/mol. The molecule has 2 heterocycles. The summed E-state index contributed by atoms with van der Waals surface area (Å²) in [5.74, 6) is 0.560. The molecule has 3 rings (SSSR count). The van der Waals surface area contributed by atoms with Crippen molar-refractivity contribution in [3.05, 3.63) is 47.1 Å². The van der Waals surface area contributed by atoms with Crippen LogP contribution in [-0.2, 0) is 6.42 Å². The molecule has 0 atom stereocenters. The second-order valence-corrected chi connectivity index (χ2v) is 5.57. The van der Waals surface area contributed by atoms with Crippen LogP contribution in [0, 0.1) is 5.82 Å². The number of hydrogen-bond acceptors (Lipinski definition) is 4. The van der Waals surface area contributed by atoms with Crippen molar-refractivity contribution >= 4 is 17.2 Å². The van der Waals surface area contributed by atoms with Crippen molar-refractivity contribution in [2.24, 2.45) is 0 Å². The van der Waals surface area contributed by atoms with Crippen molar-refractivity contribution in [3.8, 4) is 21.8 Å². The molecule has 0 aliphatic heterocycles. The summed E-state index contributed by atoms with van der Waals surface area (Å²) in [6, 6.07) is 10.3. The number of aromatic nitrogens is 1. The molecule has 1 aromatic carbocycles. The van der Waals surface area contributed by atoms with Gasteiger partial charge >= 0.3 is 0 Å². The summed E-state index contributed by atoms with van der Waals surface area (Å²) in [6.45, 7) is 2.10. The number of anilines is 1. The number of benzene rings is 1. The lowest BCUT2D eigenvalue weighted by Gasteiger charge is -2.01. The maximum absolute atomic E-state index is 13.4. The van der Waals surface area contributed by atoms with Crippen LogP contribution in [0.25, 0.3) is 21.8 Å². The van der Waals surface area contributed by atoms with E-state index >= 15 is 0 Å². The van der Waals surface area contributed by atoms with Gasteiger partial charge in [-0.3, -0.25) is 0 Å². The van der Waals surface area contributed by atoms with Crippen molar-refractivity contribution < 1.29 is 8.91 Å². The Labute approximate surface area is 119 Å². The second kappa shape index (κ2) is 5.09. The van der Waals surface area contributed by atoms with E-state index in [0.29, 0.717) is 16.9 Å². The first kappa shape index (κ1) is 12.9. The number of nitrogens with zero attached hydrogens (tertiary/aromatic N) is 1. The van der Waals surface area contributed by atoms with Gasteiger partial charge in [0.25, 0.3) is 0 Å². The van der Waals surface area contributed by atoms with E-state index in [1.807, 2.05) is 12.1 Å². The Morgan fingerprint density at radius 2 is 2.15 bits per heavy atom. The Kier molecular flexibility index (Phi) is 3.28. The van der Waals surface area contributed by atoms with E-state index in [1.54, 1.807) is 23.5 Å². The van der Waals surface area contributed by atoms with Gasteiger partial charge in [-0.2, -0.15) is 0 Å². The van der Waals surface area contributed by atoms with Gasteiger partial charge in [-0.15, -0.1) is 11.3 Å². The number of nitrogens with two attached hydrogens (primary N) is 1. The van der Waals surface area contributed by atoms with Crippen LogP contribution in [0.5, 0.6) is 0 Å². The minimum atomic E-state index is -0.311. The molecule has 20 heavy (non-hydrogen) atoms. The molecule has 102 valence electrons. The van der Waals surface area contributed by atoms with Crippen LogP contribution in [0.3, 0.4) is 0 Å². The Morgan fingerprint density at radius 1 is 1.30 bits per heavy atom. The summed E-state index contributed by atoms with van der Waals surface area (Å²) < 4.78 is 18.7. The van der Waals surface area contributed by atoms with Crippen molar-refractivity contribution in [1.29, 1.82) is 0 Å². The lowest BCUT2D eigenvalue weighted by atomic mass is 10.1. The molecular weight excluding hydrogens is 275 g/mol. The standard InChI is InChI=1S/C15H13FN2OS/c1-2-11-6-7-12(20-11)14-13(15(17)18-19-14)9-4-3-5-10(16)8-9/h3-8H,2H2,1H3,(H2,17,18). The molecule has 0 aliphatic rings. The molecule has 5 heteroatoms. The molecule has 0 spiro atoms. The van der Waals surface area contributed by atoms with Gasteiger partial charge in [-0.05, 0) is 36.2 Å². The molecule has 3 nitrogen and oxygen atoms in total. The summed E-state index contributed by atoms with van der Waals surface area (Å²) in [7, 11) is 0. The number of rotatable bonds is 3. The molecule has 0 radical (unpaired) electrons. The molecule has 3 aromatic rings. The molecule has 0 bridgehead atoms. The smallest absolute Gasteiger partial charge is 0.186 e. The molecule has 2 N–H and O–H groups in total. The van der Waals surface area contributed by atoms with Crippen LogP contribution in [0.2, 0.25) is 0 Å². The van der Waals surface area contributed by atoms with Gasteiger partial charge in [0.15, 0.2) is 11.6 Å². The maximum atomic E-state index is 13.4. The van der Waals surface area contributed by atoms with Crippen LogP contribution >= 0.6 is 11.3 Å². The van der Waals surface area contributed by atoms with Gasteiger partial charge in [0.2, 0.25) is 0 Å². The SMILES string of the molecule is CCc1ccc(-c2onc(N)c2-c2cccc(F)c2)s1. The zero-order valence-electron chi connectivity index (χ0n) is 10.9. The number of halogens is 1. The fourth-order valence-electron chi connectivity index (χ4n) is 2.08. The first-order chi connectivity index (χ1) is 9.69. The summed E-state index contributed by atoms with van der Waals surface area (Å²) in [6.07, 6.45) is 0.962. The van der Waals surface area contributed by atoms with Crippen LogP contribution in [0.1, 0.15) is 11.8 Å². The van der Waals surface area contributed by atoms with Crippen molar-refractivity contribution in [3.63, 3.8) is 0 Å². The van der Waals surface area contributed by atoms with Gasteiger partial charge in [-0.25, -0.2) is 4.39 Å². The predicted molar refractivity (Wildman–Crippen MR) is 79.0 cm³/mol. The summed E-state index contributed by atoms with van der Waals surface area (Å²) in [4.78, 5) is 2.20.